The molecule has 6 nitrogen and oxygen atoms in total. The average molecular weight is 405 g/mol. The van der Waals surface area contributed by atoms with Gasteiger partial charge < -0.3 is 19.9 Å². The number of aromatic amines is 1. The minimum Gasteiger partial charge on any atom is -0.376 e. The first-order chi connectivity index (χ1) is 14.6. The average Bonchev–Trinajstić information content (AvgIpc) is 3.26. The standard InChI is InChI=1S/C24H27N3O3/c1-17-9-10-22-19(12-17)13-20(23(28)26-22)15-27(16-21-8-5-11-30-21)24(29)25-14-18-6-3-2-4-7-18/h2-4,6-7,9-10,12-13,21H,5,8,11,14-16H2,1H3,(H,25,29)(H,26,28)/t21-/m1/s1. The SMILES string of the molecule is Cc1ccc2[nH]c(=O)c(CN(C[C@H]3CCCO3)C(=O)NCc3ccccc3)cc2c1. The second kappa shape index (κ2) is 9.13. The first kappa shape index (κ1) is 20.2. The van der Waals surface area contributed by atoms with E-state index in [1.165, 1.54) is 0 Å². The van der Waals surface area contributed by atoms with Crippen LogP contribution in [0.15, 0.2) is 59.4 Å². The largest absolute Gasteiger partial charge is 0.376 e. The summed E-state index contributed by atoms with van der Waals surface area (Å²) in [5, 5.41) is 3.94. The summed E-state index contributed by atoms with van der Waals surface area (Å²) in [4.78, 5) is 30.3. The van der Waals surface area contributed by atoms with Crippen molar-refractivity contribution in [1.82, 2.24) is 15.2 Å². The summed E-state index contributed by atoms with van der Waals surface area (Å²) in [6, 6.07) is 17.4. The molecule has 1 fully saturated rings. The summed E-state index contributed by atoms with van der Waals surface area (Å²) in [5.74, 6) is 0. The zero-order valence-corrected chi connectivity index (χ0v) is 17.2. The third-order valence-electron chi connectivity index (χ3n) is 5.46. The van der Waals surface area contributed by atoms with Gasteiger partial charge in [-0.15, -0.1) is 0 Å². The number of urea groups is 1. The molecule has 0 spiro atoms. The molecular weight excluding hydrogens is 378 g/mol. The number of hydrogen-bond acceptors (Lipinski definition) is 3. The van der Waals surface area contributed by atoms with Crippen LogP contribution in [0.2, 0.25) is 0 Å². The fourth-order valence-corrected chi connectivity index (χ4v) is 3.83. The fraction of sp³-hybridized carbons (Fsp3) is 0.333. The quantitative estimate of drug-likeness (QED) is 0.656. The van der Waals surface area contributed by atoms with E-state index in [4.69, 9.17) is 4.74 Å². The van der Waals surface area contributed by atoms with Crippen molar-refractivity contribution in [1.29, 1.82) is 0 Å². The molecule has 156 valence electrons. The van der Waals surface area contributed by atoms with Gasteiger partial charge in [0.15, 0.2) is 0 Å². The highest BCUT2D eigenvalue weighted by Gasteiger charge is 2.23. The van der Waals surface area contributed by atoms with Crippen molar-refractivity contribution >= 4 is 16.9 Å². The van der Waals surface area contributed by atoms with Crippen LogP contribution in [-0.2, 0) is 17.8 Å². The molecule has 1 aromatic heterocycles. The van der Waals surface area contributed by atoms with E-state index in [2.05, 4.69) is 10.3 Å². The molecule has 4 rings (SSSR count). The smallest absolute Gasteiger partial charge is 0.318 e. The zero-order chi connectivity index (χ0) is 20.9. The Morgan fingerprint density at radius 1 is 1.20 bits per heavy atom. The maximum atomic E-state index is 13.0. The topological polar surface area (TPSA) is 74.4 Å². The molecule has 0 aliphatic carbocycles. The van der Waals surface area contributed by atoms with Gasteiger partial charge in [0, 0.05) is 30.8 Å². The van der Waals surface area contributed by atoms with Gasteiger partial charge in [-0.1, -0.05) is 42.0 Å². The first-order valence-corrected chi connectivity index (χ1v) is 10.4. The minimum absolute atomic E-state index is 0.00857. The van der Waals surface area contributed by atoms with Crippen LogP contribution >= 0.6 is 0 Å². The van der Waals surface area contributed by atoms with E-state index < -0.39 is 0 Å². The third kappa shape index (κ3) is 4.89. The monoisotopic (exact) mass is 405 g/mol. The maximum Gasteiger partial charge on any atom is 0.318 e. The molecule has 2 aromatic carbocycles. The summed E-state index contributed by atoms with van der Waals surface area (Å²) in [5.41, 5.74) is 3.35. The van der Waals surface area contributed by atoms with Crippen molar-refractivity contribution in [3.63, 3.8) is 0 Å². The molecule has 1 aliphatic heterocycles. The van der Waals surface area contributed by atoms with Crippen molar-refractivity contribution in [3.8, 4) is 0 Å². The Morgan fingerprint density at radius 2 is 2.03 bits per heavy atom. The van der Waals surface area contributed by atoms with E-state index in [1.54, 1.807) is 4.90 Å². The molecule has 30 heavy (non-hydrogen) atoms. The summed E-state index contributed by atoms with van der Waals surface area (Å²) in [7, 11) is 0. The highest BCUT2D eigenvalue weighted by Crippen LogP contribution is 2.17. The second-order valence-corrected chi connectivity index (χ2v) is 7.87. The van der Waals surface area contributed by atoms with Crippen molar-refractivity contribution in [3.05, 3.63) is 81.6 Å². The lowest BCUT2D eigenvalue weighted by atomic mass is 10.1. The van der Waals surface area contributed by atoms with Crippen LogP contribution in [-0.4, -0.2) is 35.2 Å². The predicted molar refractivity (Wildman–Crippen MR) is 117 cm³/mol. The molecule has 0 bridgehead atoms. The molecule has 2 heterocycles. The van der Waals surface area contributed by atoms with Gasteiger partial charge in [-0.3, -0.25) is 4.79 Å². The Hall–Kier alpha value is -3.12. The Bertz CT molecular complexity index is 1070. The Kier molecular flexibility index (Phi) is 6.14. The van der Waals surface area contributed by atoms with E-state index in [0.717, 1.165) is 41.5 Å². The van der Waals surface area contributed by atoms with Crippen LogP contribution in [0.1, 0.15) is 29.5 Å². The van der Waals surface area contributed by atoms with E-state index in [9.17, 15) is 9.59 Å². The minimum atomic E-state index is -0.196. The number of fused-ring (bicyclic) bond motifs is 1. The van der Waals surface area contributed by atoms with Crippen molar-refractivity contribution in [2.45, 2.75) is 39.0 Å². The van der Waals surface area contributed by atoms with Gasteiger partial charge in [-0.25, -0.2) is 4.79 Å². The van der Waals surface area contributed by atoms with Gasteiger partial charge in [-0.2, -0.15) is 0 Å². The number of pyridine rings is 1. The van der Waals surface area contributed by atoms with Gasteiger partial charge in [-0.05, 0) is 48.9 Å². The van der Waals surface area contributed by atoms with E-state index in [-0.39, 0.29) is 24.2 Å². The van der Waals surface area contributed by atoms with Crippen LogP contribution in [0.5, 0.6) is 0 Å². The molecule has 0 saturated carbocycles. The van der Waals surface area contributed by atoms with Crippen LogP contribution in [0.4, 0.5) is 4.79 Å². The highest BCUT2D eigenvalue weighted by atomic mass is 16.5. The predicted octanol–water partition coefficient (Wildman–Crippen LogP) is 3.73. The normalized spacial score (nSPS) is 16.0. The number of aryl methyl sites for hydroxylation is 1. The van der Waals surface area contributed by atoms with Gasteiger partial charge in [0.05, 0.1) is 12.6 Å². The summed E-state index contributed by atoms with van der Waals surface area (Å²) in [6.07, 6.45) is 1.93. The van der Waals surface area contributed by atoms with Crippen LogP contribution in [0.25, 0.3) is 10.9 Å². The molecule has 1 saturated heterocycles. The van der Waals surface area contributed by atoms with E-state index in [0.29, 0.717) is 18.7 Å². The Morgan fingerprint density at radius 3 is 2.80 bits per heavy atom. The Balaban J connectivity index is 1.54. The number of carbonyl (C=O) groups excluding carboxylic acids is 1. The molecule has 6 heteroatoms. The molecular formula is C24H27N3O3. The number of aromatic nitrogens is 1. The number of nitrogens with zero attached hydrogens (tertiary/aromatic N) is 1. The number of ether oxygens (including phenoxy) is 1. The van der Waals surface area contributed by atoms with Crippen molar-refractivity contribution < 1.29 is 9.53 Å². The number of nitrogens with one attached hydrogen (secondary N) is 2. The molecule has 1 atom stereocenters. The number of H-pyrrole nitrogens is 1. The molecule has 2 amide bonds. The molecule has 3 aromatic rings. The number of benzene rings is 2. The second-order valence-electron chi connectivity index (χ2n) is 7.87. The van der Waals surface area contributed by atoms with Gasteiger partial charge in [0.2, 0.25) is 0 Å². The Labute approximate surface area is 175 Å². The van der Waals surface area contributed by atoms with Gasteiger partial charge >= 0.3 is 6.03 Å². The van der Waals surface area contributed by atoms with Crippen LogP contribution < -0.4 is 10.9 Å². The number of hydrogen-bond donors (Lipinski definition) is 2. The lowest BCUT2D eigenvalue weighted by Gasteiger charge is -2.26. The third-order valence-corrected chi connectivity index (χ3v) is 5.46. The van der Waals surface area contributed by atoms with Crippen molar-refractivity contribution in [2.24, 2.45) is 0 Å². The molecule has 0 radical (unpaired) electrons. The zero-order valence-electron chi connectivity index (χ0n) is 17.2. The molecule has 1 aliphatic rings. The molecule has 0 unspecified atom stereocenters. The first-order valence-electron chi connectivity index (χ1n) is 10.4. The van der Waals surface area contributed by atoms with E-state index >= 15 is 0 Å². The summed E-state index contributed by atoms with van der Waals surface area (Å²) >= 11 is 0. The lowest BCUT2D eigenvalue weighted by molar-refractivity contribution is 0.0793. The number of rotatable bonds is 6. The summed E-state index contributed by atoms with van der Waals surface area (Å²) in [6.45, 7) is 3.88. The maximum absolute atomic E-state index is 13.0. The van der Waals surface area contributed by atoms with Crippen LogP contribution in [0, 0.1) is 6.92 Å². The fourth-order valence-electron chi connectivity index (χ4n) is 3.83. The summed E-state index contributed by atoms with van der Waals surface area (Å²) < 4.78 is 5.74. The number of amides is 2. The van der Waals surface area contributed by atoms with Gasteiger partial charge in [0.1, 0.15) is 0 Å². The van der Waals surface area contributed by atoms with Crippen molar-refractivity contribution in [2.75, 3.05) is 13.2 Å². The lowest BCUT2D eigenvalue weighted by Crippen LogP contribution is -2.43. The van der Waals surface area contributed by atoms with Crippen LogP contribution in [0.3, 0.4) is 0 Å². The van der Waals surface area contributed by atoms with E-state index in [1.807, 2.05) is 61.5 Å². The number of carbonyl (C=O) groups is 1. The van der Waals surface area contributed by atoms with Gasteiger partial charge in [0.25, 0.3) is 5.56 Å². The molecule has 2 N–H and O–H groups in total. The highest BCUT2D eigenvalue weighted by molar-refractivity contribution is 5.80.